The summed E-state index contributed by atoms with van der Waals surface area (Å²) in [5, 5.41) is 24.2. The lowest BCUT2D eigenvalue weighted by molar-refractivity contribution is 0.313. The molecule has 4 nitrogen and oxygen atoms in total. The van der Waals surface area contributed by atoms with E-state index in [9.17, 15) is 10.2 Å². The molecule has 0 atom stereocenters. The lowest BCUT2D eigenvalue weighted by atomic mass is 10.0. The van der Waals surface area contributed by atoms with Gasteiger partial charge in [0.2, 0.25) is 11.5 Å². The smallest absolute Gasteiger partial charge is 0.207 e. The van der Waals surface area contributed by atoms with Gasteiger partial charge in [-0.2, -0.15) is 0 Å². The molecule has 0 fully saturated rings. The van der Waals surface area contributed by atoms with Crippen LogP contribution in [0.25, 0.3) is 0 Å². The summed E-state index contributed by atoms with van der Waals surface area (Å²) in [5.74, 6) is 0.448. The van der Waals surface area contributed by atoms with Crippen LogP contribution in [0.4, 0.5) is 0 Å². The zero-order valence-electron chi connectivity index (χ0n) is 21.7. The fraction of sp³-hybridized carbons (Fsp3) is 0.226. The lowest BCUT2D eigenvalue weighted by Gasteiger charge is -2.22. The monoisotopic (exact) mass is 503 g/mol. The van der Waals surface area contributed by atoms with Gasteiger partial charge in [0.05, 0.1) is 20.9 Å². The van der Waals surface area contributed by atoms with Crippen molar-refractivity contribution in [3.8, 4) is 23.0 Å². The van der Waals surface area contributed by atoms with E-state index in [0.717, 1.165) is 6.42 Å². The summed E-state index contributed by atoms with van der Waals surface area (Å²) in [6.07, 6.45) is 1.56. The molecule has 0 aliphatic rings. The summed E-state index contributed by atoms with van der Waals surface area (Å²) >= 11 is 0. The molecule has 0 unspecified atom stereocenters. The Kier molecular flexibility index (Phi) is 9.38. The van der Waals surface area contributed by atoms with Gasteiger partial charge in [-0.15, -0.1) is 0 Å². The molecule has 2 N–H and O–H groups in total. The highest BCUT2D eigenvalue weighted by Crippen LogP contribution is 2.51. The Morgan fingerprint density at radius 1 is 0.639 bits per heavy atom. The van der Waals surface area contributed by atoms with Crippen LogP contribution < -0.4 is 25.4 Å². The molecular formula is C31H36O4P+. The van der Waals surface area contributed by atoms with Crippen LogP contribution in [0.2, 0.25) is 0 Å². The summed E-state index contributed by atoms with van der Waals surface area (Å²) in [4.78, 5) is 0. The highest BCUT2D eigenvalue weighted by Gasteiger charge is 2.39. The minimum absolute atomic E-state index is 0.0283. The molecule has 36 heavy (non-hydrogen) atoms. The fourth-order valence-corrected chi connectivity index (χ4v) is 7.60. The number of hydrogen-bond donors (Lipinski definition) is 2. The fourth-order valence-electron chi connectivity index (χ4n) is 4.40. The third-order valence-corrected chi connectivity index (χ3v) is 10.4. The van der Waals surface area contributed by atoms with Gasteiger partial charge in [0.1, 0.15) is 23.2 Å². The van der Waals surface area contributed by atoms with Crippen molar-refractivity contribution in [2.45, 2.75) is 26.7 Å². The molecule has 0 spiro atoms. The predicted molar refractivity (Wildman–Crippen MR) is 153 cm³/mol. The molecule has 0 heterocycles. The van der Waals surface area contributed by atoms with Crippen LogP contribution in [0.3, 0.4) is 0 Å². The summed E-state index contributed by atoms with van der Waals surface area (Å²) in [6.45, 7) is 6.17. The maximum absolute atomic E-state index is 10.0. The van der Waals surface area contributed by atoms with Gasteiger partial charge in [-0.1, -0.05) is 67.9 Å². The van der Waals surface area contributed by atoms with Crippen LogP contribution in [0.5, 0.6) is 23.0 Å². The Labute approximate surface area is 215 Å². The van der Waals surface area contributed by atoms with Gasteiger partial charge in [0.15, 0.2) is 11.5 Å². The van der Waals surface area contributed by atoms with E-state index in [1.165, 1.54) is 30.1 Å². The van der Waals surface area contributed by atoms with Crippen molar-refractivity contribution in [2.75, 3.05) is 20.9 Å². The molecule has 0 amide bonds. The topological polar surface area (TPSA) is 58.9 Å². The first-order valence-corrected chi connectivity index (χ1v) is 14.3. The Morgan fingerprint density at radius 2 is 1.00 bits per heavy atom. The van der Waals surface area contributed by atoms with E-state index >= 15 is 0 Å². The second kappa shape index (κ2) is 12.5. The zero-order valence-corrected chi connectivity index (χ0v) is 22.6. The number of ether oxygens (including phenoxy) is 2. The molecule has 0 saturated heterocycles. The molecule has 0 aromatic heterocycles. The lowest BCUT2D eigenvalue weighted by Crippen LogP contribution is -2.30. The zero-order chi connectivity index (χ0) is 26.1. The Morgan fingerprint density at radius 3 is 1.33 bits per heavy atom. The van der Waals surface area contributed by atoms with Gasteiger partial charge in [0, 0.05) is 11.1 Å². The van der Waals surface area contributed by atoms with Crippen LogP contribution in [0.1, 0.15) is 24.5 Å². The first kappa shape index (κ1) is 27.1. The summed E-state index contributed by atoms with van der Waals surface area (Å²) in [7, 11) is 1.33. The molecule has 0 aliphatic heterocycles. The van der Waals surface area contributed by atoms with Crippen molar-refractivity contribution in [1.82, 2.24) is 0 Å². The predicted octanol–water partition coefficient (Wildman–Crippen LogP) is 5.99. The summed E-state index contributed by atoms with van der Waals surface area (Å²) < 4.78 is 10.1. The summed E-state index contributed by atoms with van der Waals surface area (Å²) in [6, 6.07) is 32.6. The number of phenolic OH excluding ortho intramolecular Hbond substituents is 2. The van der Waals surface area contributed by atoms with Gasteiger partial charge >= 0.3 is 0 Å². The standard InChI is InChI=1S/C19H18P.C12H18O4/c1-20(17-11-5-2-6-12-17,18-13-7-3-8-14-18)19-15-9-4-10-16-19;1-5-6-8-7(2)9(13)11(15-3)12(16-4)10(8)14/h2-16H,1H3;13-14H,5-6H2,1-4H3/q+1;. The first-order valence-electron chi connectivity index (χ1n) is 12.1. The number of hydrogen-bond acceptors (Lipinski definition) is 4. The van der Waals surface area contributed by atoms with Crippen molar-refractivity contribution in [1.29, 1.82) is 0 Å². The maximum Gasteiger partial charge on any atom is 0.207 e. The van der Waals surface area contributed by atoms with Crippen LogP contribution in [-0.2, 0) is 6.42 Å². The number of benzene rings is 4. The second-order valence-electron chi connectivity index (χ2n) is 8.63. The number of phenols is 2. The highest BCUT2D eigenvalue weighted by molar-refractivity contribution is 7.95. The van der Waals surface area contributed by atoms with E-state index in [1.807, 2.05) is 6.92 Å². The van der Waals surface area contributed by atoms with Gasteiger partial charge in [-0.05, 0) is 49.7 Å². The van der Waals surface area contributed by atoms with E-state index in [1.54, 1.807) is 6.92 Å². The molecule has 0 saturated carbocycles. The third kappa shape index (κ3) is 5.50. The second-order valence-corrected chi connectivity index (χ2v) is 12.2. The van der Waals surface area contributed by atoms with Gasteiger partial charge in [-0.25, -0.2) is 0 Å². The molecule has 5 heteroatoms. The Bertz CT molecular complexity index is 1150. The average molecular weight is 504 g/mol. The Hall–Kier alpha value is -3.49. The van der Waals surface area contributed by atoms with E-state index in [-0.39, 0.29) is 23.0 Å². The van der Waals surface area contributed by atoms with E-state index < -0.39 is 7.26 Å². The molecule has 188 valence electrons. The maximum atomic E-state index is 10.0. The first-order chi connectivity index (χ1) is 17.4. The van der Waals surface area contributed by atoms with Crippen LogP contribution >= 0.6 is 7.26 Å². The van der Waals surface area contributed by atoms with Crippen molar-refractivity contribution in [3.63, 3.8) is 0 Å². The number of methoxy groups -OCH3 is 2. The van der Waals surface area contributed by atoms with Crippen LogP contribution in [-0.4, -0.2) is 31.1 Å². The molecular weight excluding hydrogens is 467 g/mol. The SMILES string of the molecule is CCCc1c(C)c(O)c(OC)c(OC)c1O.C[P+](c1ccccc1)(c1ccccc1)c1ccccc1. The van der Waals surface area contributed by atoms with E-state index in [4.69, 9.17) is 9.47 Å². The quantitative estimate of drug-likeness (QED) is 0.240. The number of rotatable bonds is 7. The van der Waals surface area contributed by atoms with Crippen LogP contribution in [0, 0.1) is 6.92 Å². The van der Waals surface area contributed by atoms with Gasteiger partial charge in [0.25, 0.3) is 0 Å². The molecule has 0 aliphatic carbocycles. The molecule has 0 radical (unpaired) electrons. The van der Waals surface area contributed by atoms with Crippen molar-refractivity contribution >= 4 is 23.2 Å². The molecule has 4 rings (SSSR count). The average Bonchev–Trinajstić information content (AvgIpc) is 2.94. The largest absolute Gasteiger partial charge is 0.504 e. The minimum Gasteiger partial charge on any atom is -0.504 e. The van der Waals surface area contributed by atoms with Crippen LogP contribution in [0.15, 0.2) is 91.0 Å². The third-order valence-electron chi connectivity index (χ3n) is 6.46. The molecule has 4 aromatic carbocycles. The van der Waals surface area contributed by atoms with E-state index in [0.29, 0.717) is 17.5 Å². The van der Waals surface area contributed by atoms with Crippen molar-refractivity contribution in [2.24, 2.45) is 0 Å². The molecule has 0 bridgehead atoms. The molecule has 4 aromatic rings. The van der Waals surface area contributed by atoms with E-state index in [2.05, 4.69) is 97.7 Å². The van der Waals surface area contributed by atoms with Gasteiger partial charge in [-0.3, -0.25) is 0 Å². The summed E-state index contributed by atoms with van der Waals surface area (Å²) in [5.41, 5.74) is 1.34. The Balaban J connectivity index is 0.000000207. The van der Waals surface area contributed by atoms with Gasteiger partial charge < -0.3 is 19.7 Å². The normalized spacial score (nSPS) is 10.8. The number of aromatic hydroxyl groups is 2. The minimum atomic E-state index is -1.53. The highest BCUT2D eigenvalue weighted by atomic mass is 31.2. The van der Waals surface area contributed by atoms with Crippen molar-refractivity contribution in [3.05, 3.63) is 102 Å². The van der Waals surface area contributed by atoms with Crippen molar-refractivity contribution < 1.29 is 19.7 Å².